The van der Waals surface area contributed by atoms with Crippen LogP contribution in [0.3, 0.4) is 0 Å². The van der Waals surface area contributed by atoms with Crippen LogP contribution < -0.4 is 9.47 Å². The van der Waals surface area contributed by atoms with Crippen molar-refractivity contribution in [1.82, 2.24) is 4.98 Å². The van der Waals surface area contributed by atoms with Crippen LogP contribution in [0, 0.1) is 0 Å². The number of thiazole rings is 1. The number of hydrogen-bond donors (Lipinski definition) is 0. The summed E-state index contributed by atoms with van der Waals surface area (Å²) in [5.74, 6) is 1.10. The van der Waals surface area contributed by atoms with E-state index in [2.05, 4.69) is 27.8 Å². The number of rotatable bonds is 7. The third-order valence-corrected chi connectivity index (χ3v) is 4.36. The second kappa shape index (κ2) is 7.56. The first kappa shape index (κ1) is 16.0. The van der Waals surface area contributed by atoms with E-state index in [0.717, 1.165) is 29.8 Å². The minimum absolute atomic E-state index is 0.371. The van der Waals surface area contributed by atoms with E-state index in [9.17, 15) is 4.79 Å². The molecule has 0 radical (unpaired) electrons. The summed E-state index contributed by atoms with van der Waals surface area (Å²) < 4.78 is 11.7. The van der Waals surface area contributed by atoms with Crippen molar-refractivity contribution < 1.29 is 14.3 Å². The average molecular weight is 370 g/mol. The van der Waals surface area contributed by atoms with Crippen molar-refractivity contribution in [3.63, 3.8) is 0 Å². The van der Waals surface area contributed by atoms with Gasteiger partial charge in [-0.15, -0.1) is 11.3 Å². The Morgan fingerprint density at radius 3 is 2.90 bits per heavy atom. The number of hydrogen-bond acceptors (Lipinski definition) is 5. The predicted molar refractivity (Wildman–Crippen MR) is 86.5 cm³/mol. The molecule has 112 valence electrons. The summed E-state index contributed by atoms with van der Waals surface area (Å²) in [5, 5.41) is 3.13. The van der Waals surface area contributed by atoms with Gasteiger partial charge in [-0.25, -0.2) is 4.98 Å². The number of aryl methyl sites for hydroxylation is 1. The number of halogens is 1. The molecule has 0 amide bonds. The van der Waals surface area contributed by atoms with E-state index in [0.29, 0.717) is 28.1 Å². The van der Waals surface area contributed by atoms with Gasteiger partial charge in [0, 0.05) is 10.9 Å². The fourth-order valence-electron chi connectivity index (χ4n) is 1.84. The van der Waals surface area contributed by atoms with Crippen LogP contribution in [0.1, 0.15) is 34.4 Å². The van der Waals surface area contributed by atoms with Crippen LogP contribution in [0.15, 0.2) is 22.0 Å². The average Bonchev–Trinajstić information content (AvgIpc) is 2.93. The Bertz CT molecular complexity index is 627. The standard InChI is InChI=1S/C15H16BrNO3S/c1-3-4-14-17-11(9-21-14)8-20-15-12(16)5-10(7-18)6-13(15)19-2/h5-7,9H,3-4,8H2,1-2H3. The van der Waals surface area contributed by atoms with Crippen molar-refractivity contribution in [3.8, 4) is 11.5 Å². The van der Waals surface area contributed by atoms with Gasteiger partial charge in [0.15, 0.2) is 11.5 Å². The quantitative estimate of drug-likeness (QED) is 0.684. The molecule has 1 aromatic carbocycles. The number of ether oxygens (including phenoxy) is 2. The number of carbonyl (C=O) groups is 1. The monoisotopic (exact) mass is 369 g/mol. The number of nitrogens with zero attached hydrogens (tertiary/aromatic N) is 1. The molecule has 0 N–H and O–H groups in total. The van der Waals surface area contributed by atoms with E-state index < -0.39 is 0 Å². The second-order valence-corrected chi connectivity index (χ2v) is 6.22. The smallest absolute Gasteiger partial charge is 0.175 e. The lowest BCUT2D eigenvalue weighted by molar-refractivity contribution is 0.112. The molecular formula is C15H16BrNO3S. The zero-order valence-electron chi connectivity index (χ0n) is 11.9. The number of aromatic nitrogens is 1. The lowest BCUT2D eigenvalue weighted by atomic mass is 10.2. The molecule has 1 aromatic heterocycles. The molecule has 0 atom stereocenters. The third kappa shape index (κ3) is 4.04. The lowest BCUT2D eigenvalue weighted by Gasteiger charge is -2.12. The molecule has 6 heteroatoms. The highest BCUT2D eigenvalue weighted by atomic mass is 79.9. The van der Waals surface area contributed by atoms with Gasteiger partial charge in [-0.1, -0.05) is 6.92 Å². The Morgan fingerprint density at radius 1 is 1.43 bits per heavy atom. The zero-order valence-corrected chi connectivity index (χ0v) is 14.3. The summed E-state index contributed by atoms with van der Waals surface area (Å²) in [7, 11) is 1.55. The SMILES string of the molecule is CCCc1nc(COc2c(Br)cc(C=O)cc2OC)cs1. The van der Waals surface area contributed by atoms with Crippen LogP contribution in [0.5, 0.6) is 11.5 Å². The van der Waals surface area contributed by atoms with Crippen LogP contribution in [0.25, 0.3) is 0 Å². The van der Waals surface area contributed by atoms with Crippen molar-refractivity contribution in [2.45, 2.75) is 26.4 Å². The highest BCUT2D eigenvalue weighted by Crippen LogP contribution is 2.36. The van der Waals surface area contributed by atoms with Crippen LogP contribution >= 0.6 is 27.3 Å². The van der Waals surface area contributed by atoms with Gasteiger partial charge in [-0.05, 0) is 40.9 Å². The largest absolute Gasteiger partial charge is 0.493 e. The molecule has 0 bridgehead atoms. The van der Waals surface area contributed by atoms with E-state index in [4.69, 9.17) is 9.47 Å². The molecule has 0 saturated carbocycles. The number of methoxy groups -OCH3 is 1. The maximum Gasteiger partial charge on any atom is 0.175 e. The molecule has 0 saturated heterocycles. The predicted octanol–water partition coefficient (Wildman–Crippen LogP) is 4.26. The van der Waals surface area contributed by atoms with Crippen molar-refractivity contribution in [3.05, 3.63) is 38.3 Å². The van der Waals surface area contributed by atoms with Crippen LogP contribution in [-0.2, 0) is 13.0 Å². The Hall–Kier alpha value is -1.40. The number of benzene rings is 1. The molecule has 0 aliphatic heterocycles. The first-order valence-electron chi connectivity index (χ1n) is 6.56. The van der Waals surface area contributed by atoms with Crippen molar-refractivity contribution in [2.24, 2.45) is 0 Å². The van der Waals surface area contributed by atoms with Gasteiger partial charge in [0.2, 0.25) is 0 Å². The minimum Gasteiger partial charge on any atom is -0.493 e. The third-order valence-electron chi connectivity index (χ3n) is 2.82. The second-order valence-electron chi connectivity index (χ2n) is 4.42. The van der Waals surface area contributed by atoms with Gasteiger partial charge in [-0.3, -0.25) is 4.79 Å². The molecule has 21 heavy (non-hydrogen) atoms. The molecule has 0 unspecified atom stereocenters. The van der Waals surface area contributed by atoms with Crippen molar-refractivity contribution in [1.29, 1.82) is 0 Å². The van der Waals surface area contributed by atoms with Crippen molar-refractivity contribution >= 4 is 33.6 Å². The number of aldehydes is 1. The zero-order chi connectivity index (χ0) is 15.2. The maximum atomic E-state index is 10.9. The normalized spacial score (nSPS) is 10.4. The molecule has 0 spiro atoms. The topological polar surface area (TPSA) is 48.4 Å². The van der Waals surface area contributed by atoms with E-state index in [-0.39, 0.29) is 0 Å². The van der Waals surface area contributed by atoms with Gasteiger partial charge in [-0.2, -0.15) is 0 Å². The molecule has 1 heterocycles. The van der Waals surface area contributed by atoms with Crippen molar-refractivity contribution in [2.75, 3.05) is 7.11 Å². The van der Waals surface area contributed by atoms with Crippen LogP contribution in [0.2, 0.25) is 0 Å². The molecular weight excluding hydrogens is 354 g/mol. The molecule has 0 aliphatic carbocycles. The Morgan fingerprint density at radius 2 is 2.24 bits per heavy atom. The van der Waals surface area contributed by atoms with Gasteiger partial charge in [0.1, 0.15) is 12.9 Å². The molecule has 0 aliphatic rings. The number of carbonyl (C=O) groups excluding carboxylic acids is 1. The fraction of sp³-hybridized carbons (Fsp3) is 0.333. The van der Waals surface area contributed by atoms with Gasteiger partial charge >= 0.3 is 0 Å². The summed E-state index contributed by atoms with van der Waals surface area (Å²) >= 11 is 5.05. The van der Waals surface area contributed by atoms with E-state index >= 15 is 0 Å². The summed E-state index contributed by atoms with van der Waals surface area (Å²) in [6.07, 6.45) is 2.85. The minimum atomic E-state index is 0.371. The lowest BCUT2D eigenvalue weighted by Crippen LogP contribution is -2.00. The Labute approximate surface area is 136 Å². The van der Waals surface area contributed by atoms with E-state index in [1.807, 2.05) is 5.38 Å². The summed E-state index contributed by atoms with van der Waals surface area (Å²) in [5.41, 5.74) is 1.43. The van der Waals surface area contributed by atoms with Gasteiger partial charge in [0.25, 0.3) is 0 Å². The fourth-order valence-corrected chi connectivity index (χ4v) is 3.30. The molecule has 2 aromatic rings. The highest BCUT2D eigenvalue weighted by molar-refractivity contribution is 9.10. The van der Waals surface area contributed by atoms with Crippen LogP contribution in [-0.4, -0.2) is 18.4 Å². The van der Waals surface area contributed by atoms with E-state index in [1.54, 1.807) is 30.6 Å². The highest BCUT2D eigenvalue weighted by Gasteiger charge is 2.12. The molecule has 4 nitrogen and oxygen atoms in total. The first-order valence-corrected chi connectivity index (χ1v) is 8.24. The Balaban J connectivity index is 2.13. The first-order chi connectivity index (χ1) is 10.2. The van der Waals surface area contributed by atoms with Gasteiger partial charge in [0.05, 0.1) is 22.3 Å². The maximum absolute atomic E-state index is 10.9. The molecule has 0 fully saturated rings. The van der Waals surface area contributed by atoms with Crippen LogP contribution in [0.4, 0.5) is 0 Å². The summed E-state index contributed by atoms with van der Waals surface area (Å²) in [6.45, 7) is 2.50. The van der Waals surface area contributed by atoms with Gasteiger partial charge < -0.3 is 9.47 Å². The van der Waals surface area contributed by atoms with E-state index in [1.165, 1.54) is 0 Å². The summed E-state index contributed by atoms with van der Waals surface area (Å²) in [6, 6.07) is 3.35. The summed E-state index contributed by atoms with van der Waals surface area (Å²) in [4.78, 5) is 15.4. The Kier molecular flexibility index (Phi) is 5.76. The molecule has 2 rings (SSSR count).